The fourth-order valence-electron chi connectivity index (χ4n) is 5.82. The number of nitrogens with one attached hydrogen (secondary N) is 1. The van der Waals surface area contributed by atoms with Crippen LogP contribution in [0.2, 0.25) is 0 Å². The standard InChI is InChI=1S/C35H28F10N2O2/c36-26-16-25(17-27(18-26)49-35(44,45)32(39)40)33(19-21-6-2-1-3-7-21,24-9-11-29(37)23(14-24)20-47-12-4-5-13-47)46-31(48)22-8-10-30(38)28(15-22)34(41,42)43/h1-3,6-11,14-18,32H,4-5,12-13,19-20H2,(H,46,48)/t33-/m1/s1. The van der Waals surface area contributed by atoms with E-state index in [-0.39, 0.29) is 35.7 Å². The van der Waals surface area contributed by atoms with Crippen molar-refractivity contribution >= 4 is 5.91 Å². The van der Waals surface area contributed by atoms with Crippen molar-refractivity contribution in [3.05, 3.63) is 136 Å². The molecule has 0 aromatic heterocycles. The second kappa shape index (κ2) is 14.1. The quantitative estimate of drug-likeness (QED) is 0.159. The van der Waals surface area contributed by atoms with Crippen LogP contribution in [0.15, 0.2) is 84.9 Å². The minimum atomic E-state index is -5.19. The molecule has 0 aliphatic carbocycles. The third kappa shape index (κ3) is 8.18. The smallest absolute Gasteiger partial charge is 0.428 e. The topological polar surface area (TPSA) is 41.6 Å². The van der Waals surface area contributed by atoms with E-state index in [4.69, 9.17) is 0 Å². The minimum absolute atomic E-state index is 0.0376. The highest BCUT2D eigenvalue weighted by atomic mass is 19.4. The molecule has 1 saturated heterocycles. The van der Waals surface area contributed by atoms with Crippen LogP contribution in [-0.4, -0.2) is 36.4 Å². The summed E-state index contributed by atoms with van der Waals surface area (Å²) in [4.78, 5) is 15.8. The van der Waals surface area contributed by atoms with Crippen LogP contribution in [0.25, 0.3) is 0 Å². The number of carbonyl (C=O) groups is 1. The van der Waals surface area contributed by atoms with Crippen LogP contribution < -0.4 is 10.1 Å². The minimum Gasteiger partial charge on any atom is -0.428 e. The van der Waals surface area contributed by atoms with Gasteiger partial charge in [0, 0.05) is 30.2 Å². The van der Waals surface area contributed by atoms with Crippen LogP contribution in [0.5, 0.6) is 5.75 Å². The number of benzene rings is 4. The molecular formula is C35H28F10N2O2. The lowest BCUT2D eigenvalue weighted by Gasteiger charge is -2.37. The van der Waals surface area contributed by atoms with Gasteiger partial charge in [0.2, 0.25) is 0 Å². The van der Waals surface area contributed by atoms with Gasteiger partial charge in [-0.05, 0) is 85.1 Å². The van der Waals surface area contributed by atoms with E-state index in [1.165, 1.54) is 12.1 Å². The highest BCUT2D eigenvalue weighted by Gasteiger charge is 2.45. The van der Waals surface area contributed by atoms with Gasteiger partial charge in [-0.3, -0.25) is 9.69 Å². The zero-order valence-corrected chi connectivity index (χ0v) is 25.4. The summed E-state index contributed by atoms with van der Waals surface area (Å²) in [5.74, 6) is -5.87. The van der Waals surface area contributed by atoms with Crippen LogP contribution in [0, 0.1) is 17.5 Å². The Balaban J connectivity index is 1.74. The number of amides is 1. The summed E-state index contributed by atoms with van der Waals surface area (Å²) in [6.45, 7) is 1.43. The molecule has 4 aromatic carbocycles. The molecule has 0 saturated carbocycles. The first kappa shape index (κ1) is 35.7. The summed E-state index contributed by atoms with van der Waals surface area (Å²) in [5, 5.41) is 2.58. The first-order valence-corrected chi connectivity index (χ1v) is 15.0. The molecule has 1 atom stereocenters. The monoisotopic (exact) mass is 698 g/mol. The highest BCUT2D eigenvalue weighted by Crippen LogP contribution is 2.39. The summed E-state index contributed by atoms with van der Waals surface area (Å²) in [7, 11) is 0. The van der Waals surface area contributed by atoms with Crippen LogP contribution in [0.3, 0.4) is 0 Å². The lowest BCUT2D eigenvalue weighted by atomic mass is 9.77. The van der Waals surface area contributed by atoms with E-state index in [0.29, 0.717) is 30.8 Å². The fraction of sp³-hybridized carbons (Fsp3) is 0.286. The number of rotatable bonds is 11. The van der Waals surface area contributed by atoms with E-state index in [9.17, 15) is 39.9 Å². The van der Waals surface area contributed by atoms with Crippen molar-refractivity contribution < 1.29 is 53.4 Å². The molecule has 1 fully saturated rings. The molecule has 1 heterocycles. The average molecular weight is 699 g/mol. The number of alkyl halides is 7. The van der Waals surface area contributed by atoms with Crippen LogP contribution in [0.1, 0.15) is 51.0 Å². The van der Waals surface area contributed by atoms with E-state index >= 15 is 8.78 Å². The molecule has 4 aromatic rings. The van der Waals surface area contributed by atoms with Crippen molar-refractivity contribution in [2.24, 2.45) is 0 Å². The summed E-state index contributed by atoms with van der Waals surface area (Å²) < 4.78 is 144. The van der Waals surface area contributed by atoms with E-state index in [1.807, 2.05) is 4.90 Å². The molecule has 14 heteroatoms. The second-order valence-corrected chi connectivity index (χ2v) is 11.6. The van der Waals surface area contributed by atoms with Crippen molar-refractivity contribution in [3.8, 4) is 5.75 Å². The normalized spacial score (nSPS) is 15.3. The first-order valence-electron chi connectivity index (χ1n) is 15.0. The van der Waals surface area contributed by atoms with Crippen LogP contribution in [0.4, 0.5) is 43.9 Å². The molecule has 4 nitrogen and oxygen atoms in total. The molecule has 1 N–H and O–H groups in total. The van der Waals surface area contributed by atoms with E-state index in [1.54, 1.807) is 30.3 Å². The van der Waals surface area contributed by atoms with Crippen molar-refractivity contribution in [1.82, 2.24) is 10.2 Å². The Hall–Kier alpha value is -4.59. The molecule has 260 valence electrons. The lowest BCUT2D eigenvalue weighted by Crippen LogP contribution is -2.49. The molecule has 1 aliphatic rings. The molecule has 0 radical (unpaired) electrons. The molecule has 0 bridgehead atoms. The molecule has 0 spiro atoms. The van der Waals surface area contributed by atoms with Gasteiger partial charge < -0.3 is 10.1 Å². The molecule has 5 rings (SSSR count). The van der Waals surface area contributed by atoms with Gasteiger partial charge in [0.25, 0.3) is 5.91 Å². The third-order valence-electron chi connectivity index (χ3n) is 8.18. The highest BCUT2D eigenvalue weighted by molar-refractivity contribution is 5.95. The fourth-order valence-corrected chi connectivity index (χ4v) is 5.82. The van der Waals surface area contributed by atoms with Gasteiger partial charge in [-0.25, -0.2) is 13.2 Å². The summed E-state index contributed by atoms with van der Waals surface area (Å²) >= 11 is 0. The van der Waals surface area contributed by atoms with Crippen LogP contribution in [-0.2, 0) is 24.7 Å². The van der Waals surface area contributed by atoms with Gasteiger partial charge in [-0.2, -0.15) is 30.7 Å². The largest absolute Gasteiger partial charge is 0.461 e. The Labute approximate surface area is 274 Å². The summed E-state index contributed by atoms with van der Waals surface area (Å²) in [6, 6.07) is 15.1. The Kier molecular flexibility index (Phi) is 10.3. The predicted octanol–water partition coefficient (Wildman–Crippen LogP) is 8.87. The third-order valence-corrected chi connectivity index (χ3v) is 8.18. The zero-order valence-electron chi connectivity index (χ0n) is 25.4. The van der Waals surface area contributed by atoms with Gasteiger partial charge in [-0.1, -0.05) is 36.4 Å². The molecule has 0 unspecified atom stereocenters. The van der Waals surface area contributed by atoms with E-state index in [2.05, 4.69) is 10.1 Å². The summed E-state index contributed by atoms with van der Waals surface area (Å²) in [6.07, 6.45) is -13.2. The number of carbonyl (C=O) groups excluding carboxylic acids is 1. The van der Waals surface area contributed by atoms with Gasteiger partial charge in [0.1, 0.15) is 23.2 Å². The number of hydrogen-bond donors (Lipinski definition) is 1. The summed E-state index contributed by atoms with van der Waals surface area (Å²) in [5.41, 5.74) is -4.30. The van der Waals surface area contributed by atoms with Gasteiger partial charge >= 0.3 is 18.7 Å². The first-order chi connectivity index (χ1) is 23.1. The second-order valence-electron chi connectivity index (χ2n) is 11.6. The number of ether oxygens (including phenoxy) is 1. The van der Waals surface area contributed by atoms with E-state index < -0.39 is 64.5 Å². The van der Waals surface area contributed by atoms with Crippen molar-refractivity contribution in [2.45, 2.75) is 50.1 Å². The van der Waals surface area contributed by atoms with Gasteiger partial charge in [0.15, 0.2) is 0 Å². The van der Waals surface area contributed by atoms with Crippen LogP contribution >= 0.6 is 0 Å². The molecule has 1 amide bonds. The zero-order chi connectivity index (χ0) is 35.6. The van der Waals surface area contributed by atoms with Gasteiger partial charge in [0.05, 0.1) is 11.1 Å². The molecule has 1 aliphatic heterocycles. The maximum absolute atomic E-state index is 15.3. The average Bonchev–Trinajstić information content (AvgIpc) is 3.54. The maximum Gasteiger partial charge on any atom is 0.461 e. The number of halogens is 10. The maximum atomic E-state index is 15.3. The Morgan fingerprint density at radius 2 is 1.47 bits per heavy atom. The van der Waals surface area contributed by atoms with Crippen molar-refractivity contribution in [3.63, 3.8) is 0 Å². The van der Waals surface area contributed by atoms with Crippen molar-refractivity contribution in [2.75, 3.05) is 13.1 Å². The lowest BCUT2D eigenvalue weighted by molar-refractivity contribution is -0.253. The Morgan fingerprint density at radius 1 is 0.796 bits per heavy atom. The Bertz CT molecular complexity index is 1790. The van der Waals surface area contributed by atoms with Crippen molar-refractivity contribution in [1.29, 1.82) is 0 Å². The van der Waals surface area contributed by atoms with Gasteiger partial charge in [-0.15, -0.1) is 0 Å². The molecular weight excluding hydrogens is 670 g/mol. The Morgan fingerprint density at radius 3 is 2.12 bits per heavy atom. The number of likely N-dealkylation sites (tertiary alicyclic amines) is 1. The predicted molar refractivity (Wildman–Crippen MR) is 159 cm³/mol. The number of nitrogens with zero attached hydrogens (tertiary/aromatic N) is 1. The number of hydrogen-bond acceptors (Lipinski definition) is 3. The molecule has 49 heavy (non-hydrogen) atoms. The van der Waals surface area contributed by atoms with E-state index in [0.717, 1.165) is 37.1 Å². The SMILES string of the molecule is O=C(N[C@@](Cc1ccccc1)(c1cc(F)cc(OC(F)(F)C(F)F)c1)c1ccc(F)c(CN2CCCC2)c1)c1ccc(F)c(C(F)(F)F)c1.